The van der Waals surface area contributed by atoms with Crippen LogP contribution in [0.15, 0.2) is 0 Å². The Morgan fingerprint density at radius 2 is 2.14 bits per heavy atom. The van der Waals surface area contributed by atoms with Crippen LogP contribution in [0.4, 0.5) is 8.78 Å². The van der Waals surface area contributed by atoms with Crippen molar-refractivity contribution in [1.82, 2.24) is 0 Å². The minimum absolute atomic E-state index is 0.0594. The summed E-state index contributed by atoms with van der Waals surface area (Å²) in [4.78, 5) is 10.6. The second-order valence-corrected chi connectivity index (χ2v) is 2.77. The summed E-state index contributed by atoms with van der Waals surface area (Å²) in [5.74, 6) is -1.84. The quantitative estimate of drug-likeness (QED) is 0.219. The van der Waals surface area contributed by atoms with Gasteiger partial charge in [0.15, 0.2) is 0 Å². The van der Waals surface area contributed by atoms with Crippen molar-refractivity contribution in [2.75, 3.05) is 13.2 Å². The number of carbonyl (C=O) groups is 1. The van der Waals surface area contributed by atoms with E-state index in [1.807, 2.05) is 0 Å². The second-order valence-electron chi connectivity index (χ2n) is 1.96. The van der Waals surface area contributed by atoms with Crippen molar-refractivity contribution in [3.8, 4) is 0 Å². The maximum atomic E-state index is 12.5. The van der Waals surface area contributed by atoms with E-state index in [9.17, 15) is 13.6 Å². The first-order valence-electron chi connectivity index (χ1n) is 3.36. The van der Waals surface area contributed by atoms with Crippen LogP contribution in [0, 0.1) is 0 Å². The molecule has 0 saturated heterocycles. The van der Waals surface area contributed by atoms with E-state index in [0.29, 0.717) is 0 Å². The van der Waals surface area contributed by atoms with Crippen LogP contribution in [0.3, 0.4) is 0 Å². The first-order valence-corrected chi connectivity index (χ1v) is 4.10. The summed E-state index contributed by atoms with van der Waals surface area (Å²) in [7, 11) is 0. The van der Waals surface area contributed by atoms with Gasteiger partial charge in [-0.3, -0.25) is 0 Å². The van der Waals surface area contributed by atoms with E-state index in [0.717, 1.165) is 0 Å². The van der Waals surface area contributed by atoms with E-state index in [1.54, 1.807) is 0 Å². The monoisotopic (exact) mass is 234 g/mol. The molecule has 0 radical (unpaired) electrons. The van der Waals surface area contributed by atoms with E-state index in [2.05, 4.69) is 14.1 Å². The minimum Gasteiger partial charge on any atom is -0.460 e. The van der Waals surface area contributed by atoms with Gasteiger partial charge in [0, 0.05) is 13.0 Å². The fourth-order valence-electron chi connectivity index (χ4n) is 0.405. The first-order chi connectivity index (χ1) is 6.54. The lowest BCUT2D eigenvalue weighted by Crippen LogP contribution is -2.28. The van der Waals surface area contributed by atoms with Crippen LogP contribution in [0.25, 0.3) is 0 Å². The normalized spacial score (nSPS) is 11.4. The van der Waals surface area contributed by atoms with Gasteiger partial charge < -0.3 is 9.84 Å². The molecule has 0 aliphatic rings. The summed E-state index contributed by atoms with van der Waals surface area (Å²) in [5.41, 5.74) is 0. The van der Waals surface area contributed by atoms with E-state index in [1.165, 1.54) is 0 Å². The van der Waals surface area contributed by atoms with Crippen LogP contribution in [-0.2, 0) is 18.9 Å². The van der Waals surface area contributed by atoms with Gasteiger partial charge >= 0.3 is 11.2 Å². The number of esters is 1. The Kier molecular flexibility index (Phi) is 6.66. The fourth-order valence-corrected chi connectivity index (χ4v) is 0.648. The highest BCUT2D eigenvalue weighted by Crippen LogP contribution is 2.31. The highest BCUT2D eigenvalue weighted by atomic mass is 32.2. The predicted molar refractivity (Wildman–Crippen MR) is 40.0 cm³/mol. The molecule has 0 unspecified atom stereocenters. The Balaban J connectivity index is 3.82. The number of carbonyl (C=O) groups excluding carboxylic acids is 1. The lowest BCUT2D eigenvalue weighted by molar-refractivity contribution is -0.433. The van der Waals surface area contributed by atoms with Crippen molar-refractivity contribution in [2.45, 2.75) is 11.7 Å². The molecule has 0 aliphatic heterocycles. The topological polar surface area (TPSA) is 85.2 Å². The molecule has 0 aromatic heterocycles. The summed E-state index contributed by atoms with van der Waals surface area (Å²) < 4.78 is 32.5. The Bertz CT molecular complexity index is 178. The fraction of sp³-hybridized carbons (Fsp3) is 0.800. The van der Waals surface area contributed by atoms with E-state index in [4.69, 9.17) is 10.4 Å². The lowest BCUT2D eigenvalue weighted by atomic mass is 10.5. The van der Waals surface area contributed by atoms with Gasteiger partial charge in [0.05, 0.1) is 6.61 Å². The third-order valence-electron chi connectivity index (χ3n) is 0.942. The molecule has 0 heterocycles. The van der Waals surface area contributed by atoms with E-state index >= 15 is 0 Å². The van der Waals surface area contributed by atoms with E-state index < -0.39 is 23.3 Å². The molecule has 9 heteroatoms. The zero-order valence-electron chi connectivity index (χ0n) is 6.81. The Labute approximate surface area is 81.8 Å². The molecule has 0 rings (SSSR count). The smallest absolute Gasteiger partial charge is 0.415 e. The summed E-state index contributed by atoms with van der Waals surface area (Å²) in [6.45, 7) is -0.603. The van der Waals surface area contributed by atoms with Crippen molar-refractivity contribution in [3.63, 3.8) is 0 Å². The van der Waals surface area contributed by atoms with Crippen LogP contribution >= 0.6 is 12.0 Å². The standard InChI is InChI=1S/C5H8F2O6S/c6-5(7,14-13-12-10)4(9)11-3-1-2-8/h8,10H,1-3H2. The Hall–Kier alpha value is -0.480. The van der Waals surface area contributed by atoms with E-state index in [-0.39, 0.29) is 19.6 Å². The Morgan fingerprint density at radius 3 is 2.64 bits per heavy atom. The van der Waals surface area contributed by atoms with Crippen LogP contribution in [-0.4, -0.2) is 34.8 Å². The van der Waals surface area contributed by atoms with Crippen molar-refractivity contribution in [1.29, 1.82) is 0 Å². The van der Waals surface area contributed by atoms with Gasteiger partial charge in [0.25, 0.3) is 0 Å². The number of aliphatic hydroxyl groups excluding tert-OH is 1. The molecule has 0 spiro atoms. The van der Waals surface area contributed by atoms with Crippen molar-refractivity contribution >= 4 is 18.0 Å². The molecule has 14 heavy (non-hydrogen) atoms. The van der Waals surface area contributed by atoms with Gasteiger partial charge in [0.2, 0.25) is 0 Å². The number of hydrogen-bond donors (Lipinski definition) is 2. The summed E-state index contributed by atoms with van der Waals surface area (Å²) in [6.07, 6.45) is 0.0594. The Morgan fingerprint density at radius 1 is 1.50 bits per heavy atom. The molecule has 0 saturated carbocycles. The number of ether oxygens (including phenoxy) is 1. The molecule has 0 fully saturated rings. The number of aliphatic hydroxyl groups is 1. The molecular formula is C5H8F2O6S. The van der Waals surface area contributed by atoms with Crippen molar-refractivity contribution in [2.24, 2.45) is 0 Å². The molecule has 2 N–H and O–H groups in total. The second kappa shape index (κ2) is 6.90. The average molecular weight is 234 g/mol. The molecule has 6 nitrogen and oxygen atoms in total. The van der Waals surface area contributed by atoms with Gasteiger partial charge in [-0.1, -0.05) is 5.04 Å². The third kappa shape index (κ3) is 5.29. The summed E-state index contributed by atoms with van der Waals surface area (Å²) >= 11 is -0.698. The van der Waals surface area contributed by atoms with Crippen LogP contribution in [0.1, 0.15) is 6.42 Å². The molecule has 0 aliphatic carbocycles. The van der Waals surface area contributed by atoms with Gasteiger partial charge in [0.1, 0.15) is 12.0 Å². The maximum Gasteiger partial charge on any atom is 0.415 e. The van der Waals surface area contributed by atoms with Gasteiger partial charge in [-0.05, 0) is 0 Å². The summed E-state index contributed by atoms with van der Waals surface area (Å²) in [5, 5.41) is 14.7. The highest BCUT2D eigenvalue weighted by Gasteiger charge is 2.43. The summed E-state index contributed by atoms with van der Waals surface area (Å²) in [6, 6.07) is 0. The van der Waals surface area contributed by atoms with Crippen LogP contribution in [0.5, 0.6) is 0 Å². The molecule has 0 bridgehead atoms. The van der Waals surface area contributed by atoms with Gasteiger partial charge in [-0.15, -0.1) is 4.33 Å². The molecular weight excluding hydrogens is 226 g/mol. The minimum atomic E-state index is -3.97. The number of alkyl halides is 2. The number of rotatable bonds is 7. The number of halogens is 2. The van der Waals surface area contributed by atoms with Gasteiger partial charge in [-0.2, -0.15) is 8.78 Å². The SMILES string of the molecule is O=C(OCCCO)C(F)(F)SOOO. The third-order valence-corrected chi connectivity index (χ3v) is 1.45. The average Bonchev–Trinajstić information content (AvgIpc) is 2.15. The molecule has 0 atom stereocenters. The van der Waals surface area contributed by atoms with Crippen molar-refractivity contribution in [3.05, 3.63) is 0 Å². The van der Waals surface area contributed by atoms with Crippen LogP contribution in [0.2, 0.25) is 0 Å². The molecule has 0 aromatic carbocycles. The largest absolute Gasteiger partial charge is 0.460 e. The molecule has 84 valence electrons. The van der Waals surface area contributed by atoms with Crippen LogP contribution < -0.4 is 0 Å². The van der Waals surface area contributed by atoms with Crippen molar-refractivity contribution < 1.29 is 38.0 Å². The predicted octanol–water partition coefficient (Wildman–Crippen LogP) is 0.574. The zero-order valence-corrected chi connectivity index (χ0v) is 7.63. The zero-order chi connectivity index (χ0) is 11.0. The molecule has 0 aromatic rings. The maximum absolute atomic E-state index is 12.5. The lowest BCUT2D eigenvalue weighted by Gasteiger charge is -2.11. The first kappa shape index (κ1) is 13.5. The molecule has 0 amide bonds. The highest BCUT2D eigenvalue weighted by molar-refractivity contribution is 7.96. The number of hydrogen-bond acceptors (Lipinski definition) is 7. The van der Waals surface area contributed by atoms with Gasteiger partial charge in [-0.25, -0.2) is 10.1 Å².